The number of amides is 1. The summed E-state index contributed by atoms with van der Waals surface area (Å²) in [6, 6.07) is 18.0. The van der Waals surface area contributed by atoms with Gasteiger partial charge in [0.05, 0.1) is 18.8 Å². The summed E-state index contributed by atoms with van der Waals surface area (Å²) in [7, 11) is 1.83. The van der Waals surface area contributed by atoms with Crippen molar-refractivity contribution in [3.63, 3.8) is 0 Å². The Morgan fingerprint density at radius 3 is 2.70 bits per heavy atom. The van der Waals surface area contributed by atoms with Crippen LogP contribution in [0.25, 0.3) is 11.4 Å². The maximum absolute atomic E-state index is 12.6. The molecule has 0 spiro atoms. The van der Waals surface area contributed by atoms with E-state index in [2.05, 4.69) is 27.3 Å². The highest BCUT2D eigenvalue weighted by atomic mass is 32.2. The average Bonchev–Trinajstić information content (AvgIpc) is 3.43. The van der Waals surface area contributed by atoms with E-state index in [0.717, 1.165) is 22.1 Å². The van der Waals surface area contributed by atoms with Crippen LogP contribution < -0.4 is 0 Å². The molecule has 0 radical (unpaired) electrons. The molecule has 0 unspecified atom stereocenters. The number of rotatable bonds is 8. The van der Waals surface area contributed by atoms with Crippen LogP contribution in [0.3, 0.4) is 0 Å². The molecule has 1 aromatic carbocycles. The van der Waals surface area contributed by atoms with Crippen molar-refractivity contribution >= 4 is 29.0 Å². The predicted molar refractivity (Wildman–Crippen MR) is 120 cm³/mol. The fraction of sp³-hybridized carbons (Fsp3) is 0.182. The Bertz CT molecular complexity index is 1080. The van der Waals surface area contributed by atoms with Crippen LogP contribution >= 0.6 is 23.1 Å². The Balaban J connectivity index is 1.52. The van der Waals surface area contributed by atoms with Crippen LogP contribution in [0.2, 0.25) is 0 Å². The summed E-state index contributed by atoms with van der Waals surface area (Å²) in [4.78, 5) is 19.8. The highest BCUT2D eigenvalue weighted by Crippen LogP contribution is 2.25. The van der Waals surface area contributed by atoms with Crippen LogP contribution in [-0.2, 0) is 17.9 Å². The maximum atomic E-state index is 12.6. The average molecular weight is 436 g/mol. The first-order valence-electron chi connectivity index (χ1n) is 9.47. The molecule has 0 aliphatic heterocycles. The topological polar surface area (TPSA) is 63.9 Å². The van der Waals surface area contributed by atoms with Gasteiger partial charge in [-0.15, -0.1) is 21.5 Å². The Hall–Kier alpha value is -2.97. The van der Waals surface area contributed by atoms with Gasteiger partial charge in [-0.25, -0.2) is 0 Å². The second-order valence-electron chi connectivity index (χ2n) is 6.74. The van der Waals surface area contributed by atoms with Gasteiger partial charge in [0.1, 0.15) is 0 Å². The molecular formula is C22H21N5OS2. The number of hydrogen-bond acceptors (Lipinski definition) is 6. The SMILES string of the molecule is CN(Cc1cccs1)C(=O)CSc1nnc(-c2cccnc2)n1Cc1ccccc1. The number of pyridine rings is 1. The van der Waals surface area contributed by atoms with E-state index in [1.165, 1.54) is 16.6 Å². The molecule has 6 nitrogen and oxygen atoms in total. The van der Waals surface area contributed by atoms with Crippen LogP contribution in [0.15, 0.2) is 77.5 Å². The molecule has 4 aromatic rings. The van der Waals surface area contributed by atoms with Gasteiger partial charge < -0.3 is 4.90 Å². The lowest BCUT2D eigenvalue weighted by molar-refractivity contribution is -0.127. The minimum atomic E-state index is 0.0607. The van der Waals surface area contributed by atoms with Crippen LogP contribution in [0.5, 0.6) is 0 Å². The third-order valence-electron chi connectivity index (χ3n) is 4.54. The smallest absolute Gasteiger partial charge is 0.233 e. The van der Waals surface area contributed by atoms with E-state index in [9.17, 15) is 4.79 Å². The van der Waals surface area contributed by atoms with Crippen molar-refractivity contribution in [2.75, 3.05) is 12.8 Å². The van der Waals surface area contributed by atoms with E-state index in [-0.39, 0.29) is 5.91 Å². The van der Waals surface area contributed by atoms with Gasteiger partial charge in [-0.05, 0) is 29.1 Å². The molecule has 3 aromatic heterocycles. The fourth-order valence-corrected chi connectivity index (χ4v) is 4.61. The number of carbonyl (C=O) groups excluding carboxylic acids is 1. The summed E-state index contributed by atoms with van der Waals surface area (Å²) in [5, 5.41) is 11.5. The normalized spacial score (nSPS) is 10.8. The minimum absolute atomic E-state index is 0.0607. The largest absolute Gasteiger partial charge is 0.340 e. The molecule has 0 N–H and O–H groups in total. The van der Waals surface area contributed by atoms with Crippen molar-refractivity contribution in [1.82, 2.24) is 24.6 Å². The summed E-state index contributed by atoms with van der Waals surface area (Å²) >= 11 is 3.07. The molecule has 0 aliphatic rings. The zero-order valence-corrected chi connectivity index (χ0v) is 18.1. The molecule has 152 valence electrons. The minimum Gasteiger partial charge on any atom is -0.340 e. The number of carbonyl (C=O) groups is 1. The molecule has 0 bridgehead atoms. The zero-order chi connectivity index (χ0) is 20.8. The maximum Gasteiger partial charge on any atom is 0.233 e. The summed E-state index contributed by atoms with van der Waals surface area (Å²) in [6.45, 7) is 1.24. The molecule has 30 heavy (non-hydrogen) atoms. The number of hydrogen-bond donors (Lipinski definition) is 0. The Labute approximate surface area is 183 Å². The van der Waals surface area contributed by atoms with Crippen molar-refractivity contribution < 1.29 is 4.79 Å². The van der Waals surface area contributed by atoms with E-state index >= 15 is 0 Å². The van der Waals surface area contributed by atoms with Gasteiger partial charge >= 0.3 is 0 Å². The lowest BCUT2D eigenvalue weighted by Crippen LogP contribution is -2.27. The molecule has 0 aliphatic carbocycles. The molecule has 0 fully saturated rings. The van der Waals surface area contributed by atoms with Crippen molar-refractivity contribution in [2.24, 2.45) is 0 Å². The monoisotopic (exact) mass is 435 g/mol. The van der Waals surface area contributed by atoms with Gasteiger partial charge in [0.15, 0.2) is 11.0 Å². The first-order valence-corrected chi connectivity index (χ1v) is 11.3. The summed E-state index contributed by atoms with van der Waals surface area (Å²) < 4.78 is 2.05. The summed E-state index contributed by atoms with van der Waals surface area (Å²) in [5.41, 5.74) is 2.04. The number of benzene rings is 1. The van der Waals surface area contributed by atoms with Gasteiger partial charge in [-0.3, -0.25) is 14.3 Å². The lowest BCUT2D eigenvalue weighted by atomic mass is 10.2. The molecule has 0 atom stereocenters. The van der Waals surface area contributed by atoms with E-state index in [0.29, 0.717) is 18.8 Å². The van der Waals surface area contributed by atoms with Gasteiger partial charge in [0, 0.05) is 29.9 Å². The lowest BCUT2D eigenvalue weighted by Gasteiger charge is -2.16. The first-order chi connectivity index (χ1) is 14.7. The zero-order valence-electron chi connectivity index (χ0n) is 16.5. The predicted octanol–water partition coefficient (Wildman–Crippen LogP) is 4.20. The highest BCUT2D eigenvalue weighted by molar-refractivity contribution is 7.99. The first kappa shape index (κ1) is 20.3. The molecule has 8 heteroatoms. The van der Waals surface area contributed by atoms with E-state index < -0.39 is 0 Å². The quantitative estimate of drug-likeness (QED) is 0.388. The van der Waals surface area contributed by atoms with Crippen molar-refractivity contribution in [3.05, 3.63) is 82.8 Å². The molecule has 3 heterocycles. The van der Waals surface area contributed by atoms with Crippen molar-refractivity contribution in [1.29, 1.82) is 0 Å². The third kappa shape index (κ3) is 4.95. The van der Waals surface area contributed by atoms with E-state index in [4.69, 9.17) is 0 Å². The number of nitrogens with zero attached hydrogens (tertiary/aromatic N) is 5. The fourth-order valence-electron chi connectivity index (χ4n) is 2.97. The van der Waals surface area contributed by atoms with Crippen molar-refractivity contribution in [2.45, 2.75) is 18.2 Å². The van der Waals surface area contributed by atoms with Gasteiger partial charge in [-0.2, -0.15) is 0 Å². The van der Waals surface area contributed by atoms with Crippen LogP contribution in [0.1, 0.15) is 10.4 Å². The Kier molecular flexibility index (Phi) is 6.56. The van der Waals surface area contributed by atoms with E-state index in [1.807, 2.05) is 59.5 Å². The third-order valence-corrected chi connectivity index (χ3v) is 6.36. The van der Waals surface area contributed by atoms with Crippen molar-refractivity contribution in [3.8, 4) is 11.4 Å². The number of thiophene rings is 1. The van der Waals surface area contributed by atoms with Crippen LogP contribution in [0.4, 0.5) is 0 Å². The van der Waals surface area contributed by atoms with E-state index in [1.54, 1.807) is 28.6 Å². The molecular weight excluding hydrogens is 414 g/mol. The number of thioether (sulfide) groups is 1. The molecule has 1 amide bonds. The Morgan fingerprint density at radius 2 is 1.97 bits per heavy atom. The highest BCUT2D eigenvalue weighted by Gasteiger charge is 2.18. The standard InChI is InChI=1S/C22H21N5OS2/c1-26(15-19-10-6-12-29-19)20(28)16-30-22-25-24-21(18-9-5-11-23-13-18)27(22)14-17-7-3-2-4-8-17/h2-13H,14-16H2,1H3. The molecule has 0 saturated heterocycles. The van der Waals surface area contributed by atoms with Gasteiger partial charge in [-0.1, -0.05) is 48.2 Å². The van der Waals surface area contributed by atoms with Crippen LogP contribution in [-0.4, -0.2) is 43.4 Å². The second-order valence-corrected chi connectivity index (χ2v) is 8.71. The molecule has 0 saturated carbocycles. The second kappa shape index (κ2) is 9.69. The summed E-state index contributed by atoms with van der Waals surface area (Å²) in [6.07, 6.45) is 3.51. The van der Waals surface area contributed by atoms with Gasteiger partial charge in [0.2, 0.25) is 5.91 Å². The summed E-state index contributed by atoms with van der Waals surface area (Å²) in [5.74, 6) is 1.11. The number of aromatic nitrogens is 4. The Morgan fingerprint density at radius 1 is 1.10 bits per heavy atom. The van der Waals surface area contributed by atoms with Crippen LogP contribution in [0, 0.1) is 0 Å². The molecule has 4 rings (SSSR count). The van der Waals surface area contributed by atoms with Gasteiger partial charge in [0.25, 0.3) is 0 Å².